The molecule has 0 bridgehead atoms. The highest BCUT2D eigenvalue weighted by molar-refractivity contribution is 6.31. The van der Waals surface area contributed by atoms with E-state index >= 15 is 0 Å². The monoisotopic (exact) mass is 305 g/mol. The molecule has 4 heteroatoms. The van der Waals surface area contributed by atoms with Gasteiger partial charge in [0.05, 0.1) is 5.69 Å². The van der Waals surface area contributed by atoms with Crippen molar-refractivity contribution in [2.24, 2.45) is 7.05 Å². The largest absolute Gasteiger partial charge is 0.487 e. The van der Waals surface area contributed by atoms with E-state index in [0.29, 0.717) is 11.6 Å². The van der Waals surface area contributed by atoms with Gasteiger partial charge in [-0.3, -0.25) is 0 Å². The first-order chi connectivity index (χ1) is 9.63. The summed E-state index contributed by atoms with van der Waals surface area (Å²) in [4.78, 5) is 0. The van der Waals surface area contributed by atoms with Crippen LogP contribution in [0.1, 0.15) is 5.69 Å². The SMILES string of the molecule is Cn1c(COc2ccc(Cl)cc2)cc2ccc(Cl)cc21. The zero-order valence-corrected chi connectivity index (χ0v) is 12.4. The summed E-state index contributed by atoms with van der Waals surface area (Å²) in [6, 6.07) is 15.3. The Balaban J connectivity index is 1.84. The summed E-state index contributed by atoms with van der Waals surface area (Å²) < 4.78 is 7.87. The predicted octanol–water partition coefficient (Wildman–Crippen LogP) is 5.06. The van der Waals surface area contributed by atoms with Crippen LogP contribution in [0.3, 0.4) is 0 Å². The van der Waals surface area contributed by atoms with Gasteiger partial charge in [-0.2, -0.15) is 0 Å². The Labute approximate surface area is 127 Å². The van der Waals surface area contributed by atoms with Crippen molar-refractivity contribution in [3.63, 3.8) is 0 Å². The number of rotatable bonds is 3. The molecular weight excluding hydrogens is 293 g/mol. The van der Waals surface area contributed by atoms with Crippen LogP contribution in [0.4, 0.5) is 0 Å². The Morgan fingerprint density at radius 3 is 2.40 bits per heavy atom. The number of hydrogen-bond donors (Lipinski definition) is 0. The van der Waals surface area contributed by atoms with E-state index in [1.54, 1.807) is 0 Å². The van der Waals surface area contributed by atoms with Gasteiger partial charge in [0.2, 0.25) is 0 Å². The molecule has 3 rings (SSSR count). The molecule has 2 nitrogen and oxygen atoms in total. The Morgan fingerprint density at radius 1 is 0.950 bits per heavy atom. The van der Waals surface area contributed by atoms with Gasteiger partial charge >= 0.3 is 0 Å². The Kier molecular flexibility index (Phi) is 3.60. The lowest BCUT2D eigenvalue weighted by Crippen LogP contribution is -2.01. The van der Waals surface area contributed by atoms with Crippen LogP contribution in [-0.4, -0.2) is 4.57 Å². The smallest absolute Gasteiger partial charge is 0.128 e. The molecule has 0 aliphatic carbocycles. The minimum atomic E-state index is 0.504. The van der Waals surface area contributed by atoms with Crippen LogP contribution in [0.25, 0.3) is 10.9 Å². The second kappa shape index (κ2) is 5.39. The molecule has 1 heterocycles. The van der Waals surface area contributed by atoms with Crippen molar-refractivity contribution in [2.75, 3.05) is 0 Å². The zero-order valence-electron chi connectivity index (χ0n) is 10.9. The summed E-state index contributed by atoms with van der Waals surface area (Å²) in [7, 11) is 2.01. The van der Waals surface area contributed by atoms with E-state index in [1.165, 1.54) is 0 Å². The second-order valence-corrected chi connectivity index (χ2v) is 5.51. The van der Waals surface area contributed by atoms with Crippen molar-refractivity contribution >= 4 is 34.1 Å². The molecule has 0 N–H and O–H groups in total. The van der Waals surface area contributed by atoms with Gasteiger partial charge in [0.25, 0.3) is 0 Å². The van der Waals surface area contributed by atoms with Gasteiger partial charge in [0.1, 0.15) is 12.4 Å². The Morgan fingerprint density at radius 2 is 1.65 bits per heavy atom. The van der Waals surface area contributed by atoms with Gasteiger partial charge < -0.3 is 9.30 Å². The van der Waals surface area contributed by atoms with Crippen molar-refractivity contribution < 1.29 is 4.74 Å². The quantitative estimate of drug-likeness (QED) is 0.659. The summed E-state index contributed by atoms with van der Waals surface area (Å²) >= 11 is 11.9. The molecule has 0 amide bonds. The highest BCUT2D eigenvalue weighted by Gasteiger charge is 2.07. The van der Waals surface area contributed by atoms with Crippen LogP contribution in [0.15, 0.2) is 48.5 Å². The van der Waals surface area contributed by atoms with Gasteiger partial charge in [0, 0.05) is 28.0 Å². The number of hydrogen-bond acceptors (Lipinski definition) is 1. The molecule has 0 fully saturated rings. The zero-order chi connectivity index (χ0) is 14.1. The topological polar surface area (TPSA) is 14.2 Å². The fourth-order valence-electron chi connectivity index (χ4n) is 2.19. The summed E-state index contributed by atoms with van der Waals surface area (Å²) in [5.41, 5.74) is 2.20. The molecule has 0 radical (unpaired) electrons. The molecule has 0 saturated carbocycles. The molecule has 3 aromatic rings. The lowest BCUT2D eigenvalue weighted by molar-refractivity contribution is 0.298. The van der Waals surface area contributed by atoms with E-state index in [0.717, 1.165) is 27.4 Å². The van der Waals surface area contributed by atoms with Crippen LogP contribution < -0.4 is 4.74 Å². The van der Waals surface area contributed by atoms with E-state index in [9.17, 15) is 0 Å². The number of fused-ring (bicyclic) bond motifs is 1. The number of nitrogens with zero attached hydrogens (tertiary/aromatic N) is 1. The maximum atomic E-state index is 6.03. The first-order valence-corrected chi connectivity index (χ1v) is 7.01. The van der Waals surface area contributed by atoms with E-state index in [-0.39, 0.29) is 0 Å². The van der Waals surface area contributed by atoms with Gasteiger partial charge in [-0.25, -0.2) is 0 Å². The highest BCUT2D eigenvalue weighted by Crippen LogP contribution is 2.24. The molecule has 0 atom stereocenters. The molecule has 20 heavy (non-hydrogen) atoms. The Hall–Kier alpha value is -1.64. The van der Waals surface area contributed by atoms with E-state index in [1.807, 2.05) is 49.5 Å². The average molecular weight is 306 g/mol. The van der Waals surface area contributed by atoms with Gasteiger partial charge in [-0.15, -0.1) is 0 Å². The van der Waals surface area contributed by atoms with Crippen LogP contribution in [0, 0.1) is 0 Å². The minimum absolute atomic E-state index is 0.504. The summed E-state index contributed by atoms with van der Waals surface area (Å²) in [5, 5.41) is 2.60. The van der Waals surface area contributed by atoms with Crippen molar-refractivity contribution in [2.45, 2.75) is 6.61 Å². The molecule has 0 saturated heterocycles. The lowest BCUT2D eigenvalue weighted by atomic mass is 10.2. The molecule has 102 valence electrons. The third kappa shape index (κ3) is 2.62. The predicted molar refractivity (Wildman–Crippen MR) is 83.7 cm³/mol. The van der Waals surface area contributed by atoms with Crippen LogP contribution in [0.5, 0.6) is 5.75 Å². The molecule has 2 aromatic carbocycles. The number of halogens is 2. The normalized spacial score (nSPS) is 10.9. The fourth-order valence-corrected chi connectivity index (χ4v) is 2.48. The molecule has 1 aromatic heterocycles. The van der Waals surface area contributed by atoms with Crippen molar-refractivity contribution in [1.82, 2.24) is 4.57 Å². The van der Waals surface area contributed by atoms with Crippen molar-refractivity contribution in [1.29, 1.82) is 0 Å². The number of ether oxygens (including phenoxy) is 1. The average Bonchev–Trinajstić information content (AvgIpc) is 2.75. The first kappa shape index (κ1) is 13.3. The third-order valence-electron chi connectivity index (χ3n) is 3.31. The standard InChI is InChI=1S/C16H13Cl2NO/c1-19-14(8-11-2-3-13(18)9-16(11)19)10-20-15-6-4-12(17)5-7-15/h2-9H,10H2,1H3. The molecule has 0 aliphatic heterocycles. The number of benzene rings is 2. The van der Waals surface area contributed by atoms with Crippen molar-refractivity contribution in [3.8, 4) is 5.75 Å². The first-order valence-electron chi connectivity index (χ1n) is 6.26. The third-order valence-corrected chi connectivity index (χ3v) is 3.79. The fraction of sp³-hybridized carbons (Fsp3) is 0.125. The highest BCUT2D eigenvalue weighted by atomic mass is 35.5. The lowest BCUT2D eigenvalue weighted by Gasteiger charge is -2.07. The second-order valence-electron chi connectivity index (χ2n) is 4.64. The number of aryl methyl sites for hydroxylation is 1. The molecular formula is C16H13Cl2NO. The van der Waals surface area contributed by atoms with Crippen LogP contribution >= 0.6 is 23.2 Å². The minimum Gasteiger partial charge on any atom is -0.487 e. The van der Waals surface area contributed by atoms with Gasteiger partial charge in [-0.05, 0) is 42.5 Å². The summed E-state index contributed by atoms with van der Waals surface area (Å²) in [6.07, 6.45) is 0. The summed E-state index contributed by atoms with van der Waals surface area (Å²) in [5.74, 6) is 0.803. The maximum absolute atomic E-state index is 6.03. The molecule has 0 unspecified atom stereocenters. The summed E-state index contributed by atoms with van der Waals surface area (Å²) in [6.45, 7) is 0.504. The maximum Gasteiger partial charge on any atom is 0.128 e. The van der Waals surface area contributed by atoms with Gasteiger partial charge in [-0.1, -0.05) is 29.3 Å². The Bertz CT molecular complexity index is 747. The van der Waals surface area contributed by atoms with E-state index in [4.69, 9.17) is 27.9 Å². The van der Waals surface area contributed by atoms with Crippen LogP contribution in [0.2, 0.25) is 10.0 Å². The molecule has 0 spiro atoms. The van der Waals surface area contributed by atoms with E-state index < -0.39 is 0 Å². The van der Waals surface area contributed by atoms with Crippen molar-refractivity contribution in [3.05, 3.63) is 64.3 Å². The van der Waals surface area contributed by atoms with Gasteiger partial charge in [0.15, 0.2) is 0 Å². The van der Waals surface area contributed by atoms with Crippen LogP contribution in [-0.2, 0) is 13.7 Å². The number of aromatic nitrogens is 1. The van der Waals surface area contributed by atoms with E-state index in [2.05, 4.69) is 10.6 Å². The molecule has 0 aliphatic rings.